The number of imidazole rings is 1. The molecule has 4 nitrogen and oxygen atoms in total. The van der Waals surface area contributed by atoms with E-state index in [0.717, 1.165) is 39.5 Å². The molecule has 1 heterocycles. The van der Waals surface area contributed by atoms with Gasteiger partial charge in [0.05, 0.1) is 24.5 Å². The van der Waals surface area contributed by atoms with Crippen LogP contribution in [0.2, 0.25) is 0 Å². The minimum absolute atomic E-state index is 0.157. The zero-order chi connectivity index (χ0) is 19.8. The molecule has 5 aromatic rings. The van der Waals surface area contributed by atoms with E-state index in [0.29, 0.717) is 5.75 Å². The summed E-state index contributed by atoms with van der Waals surface area (Å²) < 4.78 is 7.40. The average Bonchev–Trinajstić information content (AvgIpc) is 3.16. The summed E-state index contributed by atoms with van der Waals surface area (Å²) in [5, 5.41) is 12.0. The van der Waals surface area contributed by atoms with Crippen molar-refractivity contribution in [3.63, 3.8) is 0 Å². The van der Waals surface area contributed by atoms with Crippen LogP contribution in [-0.2, 0) is 6.54 Å². The highest BCUT2D eigenvalue weighted by Gasteiger charge is 2.07. The average molecular weight is 380 g/mol. The van der Waals surface area contributed by atoms with Crippen LogP contribution in [0.3, 0.4) is 0 Å². The number of phenols is 1. The molecule has 0 atom stereocenters. The van der Waals surface area contributed by atoms with Crippen LogP contribution in [0, 0.1) is 0 Å². The second-order valence-corrected chi connectivity index (χ2v) is 7.14. The third-order valence-corrected chi connectivity index (χ3v) is 5.31. The molecular formula is C25H20N2O2. The van der Waals surface area contributed by atoms with Crippen LogP contribution in [0.4, 0.5) is 0 Å². The Morgan fingerprint density at radius 3 is 2.48 bits per heavy atom. The number of rotatable bonds is 4. The maximum atomic E-state index is 9.97. The molecule has 1 aromatic heterocycles. The molecule has 0 amide bonds. The molecule has 4 heteroatoms. The van der Waals surface area contributed by atoms with Crippen molar-refractivity contribution in [1.82, 2.24) is 9.55 Å². The first-order valence-electron chi connectivity index (χ1n) is 9.51. The van der Waals surface area contributed by atoms with Crippen molar-refractivity contribution in [2.24, 2.45) is 0 Å². The fourth-order valence-electron chi connectivity index (χ4n) is 3.74. The molecular weight excluding hydrogens is 360 g/mol. The molecule has 0 unspecified atom stereocenters. The Kier molecular flexibility index (Phi) is 4.17. The third kappa shape index (κ3) is 3.19. The normalized spacial score (nSPS) is 11.2. The maximum Gasteiger partial charge on any atom is 0.161 e. The zero-order valence-electron chi connectivity index (χ0n) is 16.0. The van der Waals surface area contributed by atoms with Crippen LogP contribution >= 0.6 is 0 Å². The number of phenolic OH excluding ortho intramolecular Hbond substituents is 1. The number of hydrogen-bond donors (Lipinski definition) is 1. The van der Waals surface area contributed by atoms with Gasteiger partial charge >= 0.3 is 0 Å². The lowest BCUT2D eigenvalue weighted by Crippen LogP contribution is -1.97. The van der Waals surface area contributed by atoms with Gasteiger partial charge in [-0.15, -0.1) is 0 Å². The van der Waals surface area contributed by atoms with Gasteiger partial charge in [-0.1, -0.05) is 48.5 Å². The first-order chi connectivity index (χ1) is 14.2. The lowest BCUT2D eigenvalue weighted by atomic mass is 10.00. The standard InChI is InChI=1S/C25H20N2O2/c1-29-25-14-21-12-19(10-11-20(21)13-24(25)28)18-8-6-17(7-9-18)15-27-16-26-22-4-2-3-5-23(22)27/h2-14,16,28H,15H2,1H3. The van der Waals surface area contributed by atoms with Gasteiger partial charge in [0.15, 0.2) is 11.5 Å². The molecule has 0 saturated carbocycles. The summed E-state index contributed by atoms with van der Waals surface area (Å²) in [7, 11) is 1.56. The molecule has 0 radical (unpaired) electrons. The highest BCUT2D eigenvalue weighted by atomic mass is 16.5. The van der Waals surface area contributed by atoms with Gasteiger partial charge in [-0.05, 0) is 57.8 Å². The highest BCUT2D eigenvalue weighted by Crippen LogP contribution is 2.33. The van der Waals surface area contributed by atoms with Crippen LogP contribution in [0.15, 0.2) is 85.2 Å². The first kappa shape index (κ1) is 17.3. The summed E-state index contributed by atoms with van der Waals surface area (Å²) in [4.78, 5) is 4.46. The summed E-state index contributed by atoms with van der Waals surface area (Å²) in [6.07, 6.45) is 1.89. The van der Waals surface area contributed by atoms with E-state index in [1.165, 1.54) is 5.56 Å². The van der Waals surface area contributed by atoms with Gasteiger partial charge in [0.2, 0.25) is 0 Å². The molecule has 0 aliphatic heterocycles. The predicted octanol–water partition coefficient (Wildman–Crippen LogP) is 5.62. The van der Waals surface area contributed by atoms with Gasteiger partial charge in [0.1, 0.15) is 0 Å². The van der Waals surface area contributed by atoms with E-state index in [9.17, 15) is 5.11 Å². The van der Waals surface area contributed by atoms with E-state index in [4.69, 9.17) is 4.74 Å². The number of para-hydroxylation sites is 2. The fourth-order valence-corrected chi connectivity index (χ4v) is 3.74. The van der Waals surface area contributed by atoms with E-state index < -0.39 is 0 Å². The van der Waals surface area contributed by atoms with Gasteiger partial charge < -0.3 is 14.4 Å². The van der Waals surface area contributed by atoms with Crippen molar-refractivity contribution in [3.8, 4) is 22.6 Å². The summed E-state index contributed by atoms with van der Waals surface area (Å²) in [5.74, 6) is 0.640. The summed E-state index contributed by atoms with van der Waals surface area (Å²) >= 11 is 0. The van der Waals surface area contributed by atoms with Crippen LogP contribution in [0.1, 0.15) is 5.56 Å². The number of aromatic hydroxyl groups is 1. The Morgan fingerprint density at radius 2 is 1.66 bits per heavy atom. The molecule has 5 rings (SSSR count). The lowest BCUT2D eigenvalue weighted by molar-refractivity contribution is 0.374. The summed E-state index contributed by atoms with van der Waals surface area (Å²) in [5.41, 5.74) is 5.66. The van der Waals surface area contributed by atoms with Gasteiger partial charge in [0.25, 0.3) is 0 Å². The van der Waals surface area contributed by atoms with Gasteiger partial charge in [-0.2, -0.15) is 0 Å². The van der Waals surface area contributed by atoms with Crippen LogP contribution < -0.4 is 4.74 Å². The molecule has 29 heavy (non-hydrogen) atoms. The minimum atomic E-state index is 0.157. The molecule has 4 aromatic carbocycles. The van der Waals surface area contributed by atoms with E-state index in [2.05, 4.69) is 52.0 Å². The predicted molar refractivity (Wildman–Crippen MR) is 116 cm³/mol. The van der Waals surface area contributed by atoms with Crippen molar-refractivity contribution in [3.05, 3.63) is 90.8 Å². The van der Waals surface area contributed by atoms with Crippen LogP contribution in [-0.4, -0.2) is 21.8 Å². The first-order valence-corrected chi connectivity index (χ1v) is 9.51. The highest BCUT2D eigenvalue weighted by molar-refractivity contribution is 5.90. The van der Waals surface area contributed by atoms with Crippen molar-refractivity contribution < 1.29 is 9.84 Å². The second-order valence-electron chi connectivity index (χ2n) is 7.14. The Balaban J connectivity index is 1.44. The molecule has 0 spiro atoms. The molecule has 0 saturated heterocycles. The second kappa shape index (κ2) is 6.99. The molecule has 0 fully saturated rings. The molecule has 1 N–H and O–H groups in total. The molecule has 142 valence electrons. The number of ether oxygens (including phenoxy) is 1. The van der Waals surface area contributed by atoms with Gasteiger partial charge in [0, 0.05) is 6.54 Å². The van der Waals surface area contributed by atoms with Gasteiger partial charge in [-0.3, -0.25) is 0 Å². The molecule has 0 aliphatic rings. The number of methoxy groups -OCH3 is 1. The van der Waals surface area contributed by atoms with E-state index in [1.807, 2.05) is 36.7 Å². The SMILES string of the molecule is COc1cc2cc(-c3ccc(Cn4cnc5ccccc54)cc3)ccc2cc1O. The largest absolute Gasteiger partial charge is 0.504 e. The Morgan fingerprint density at radius 1 is 0.862 bits per heavy atom. The number of hydrogen-bond acceptors (Lipinski definition) is 3. The molecule has 0 aliphatic carbocycles. The Labute approximate surface area is 168 Å². The monoisotopic (exact) mass is 380 g/mol. The van der Waals surface area contributed by atoms with E-state index in [1.54, 1.807) is 13.2 Å². The quantitative estimate of drug-likeness (QED) is 0.440. The summed E-state index contributed by atoms with van der Waals surface area (Å²) in [6.45, 7) is 0.787. The number of aromatic nitrogens is 2. The van der Waals surface area contributed by atoms with E-state index >= 15 is 0 Å². The summed E-state index contributed by atoms with van der Waals surface area (Å²) in [6, 6.07) is 26.6. The van der Waals surface area contributed by atoms with Crippen molar-refractivity contribution in [2.75, 3.05) is 7.11 Å². The lowest BCUT2D eigenvalue weighted by Gasteiger charge is -2.09. The zero-order valence-corrected chi connectivity index (χ0v) is 16.0. The van der Waals surface area contributed by atoms with Crippen LogP contribution in [0.5, 0.6) is 11.5 Å². The van der Waals surface area contributed by atoms with Crippen molar-refractivity contribution >= 4 is 21.8 Å². The van der Waals surface area contributed by atoms with Gasteiger partial charge in [-0.25, -0.2) is 4.98 Å². The van der Waals surface area contributed by atoms with Crippen LogP contribution in [0.25, 0.3) is 32.9 Å². The smallest absolute Gasteiger partial charge is 0.161 e. The fraction of sp³-hybridized carbons (Fsp3) is 0.0800. The number of nitrogens with zero attached hydrogens (tertiary/aromatic N) is 2. The maximum absolute atomic E-state index is 9.97. The molecule has 0 bridgehead atoms. The number of fused-ring (bicyclic) bond motifs is 2. The Hall–Kier alpha value is -3.79. The van der Waals surface area contributed by atoms with Crippen molar-refractivity contribution in [2.45, 2.75) is 6.54 Å². The topological polar surface area (TPSA) is 47.3 Å². The van der Waals surface area contributed by atoms with E-state index in [-0.39, 0.29) is 5.75 Å². The Bertz CT molecular complexity index is 1320. The minimum Gasteiger partial charge on any atom is -0.504 e. The third-order valence-electron chi connectivity index (χ3n) is 5.31. The van der Waals surface area contributed by atoms with Crippen molar-refractivity contribution in [1.29, 1.82) is 0 Å². The number of benzene rings is 4.